The van der Waals surface area contributed by atoms with Crippen LogP contribution in [-0.4, -0.2) is 23.6 Å². The van der Waals surface area contributed by atoms with Crippen LogP contribution in [0.15, 0.2) is 23.4 Å². The number of hydrogen-bond acceptors (Lipinski definition) is 4. The molecule has 7 heteroatoms. The number of anilines is 2. The van der Waals surface area contributed by atoms with Crippen molar-refractivity contribution < 1.29 is 8.78 Å². The maximum atomic E-state index is 14.2. The molecule has 0 saturated heterocycles. The Bertz CT molecular complexity index is 697. The van der Waals surface area contributed by atoms with Crippen molar-refractivity contribution in [1.82, 2.24) is 9.97 Å². The first-order chi connectivity index (χ1) is 10.3. The van der Waals surface area contributed by atoms with E-state index in [-0.39, 0.29) is 22.8 Å². The molecule has 1 N–H and O–H groups in total. The molecule has 1 aromatic rings. The van der Waals surface area contributed by atoms with Crippen LogP contribution in [0, 0.1) is 0 Å². The SMILES string of the molecule is CNc1nc(Cl)nc2c1C(C)(C)CN2C1=CCCC(F)=C1F. The van der Waals surface area contributed by atoms with Crippen LogP contribution in [-0.2, 0) is 5.41 Å². The van der Waals surface area contributed by atoms with Gasteiger partial charge in [0.2, 0.25) is 5.28 Å². The lowest BCUT2D eigenvalue weighted by Gasteiger charge is -2.25. The first-order valence-corrected chi connectivity index (χ1v) is 7.51. The molecule has 0 unspecified atom stereocenters. The average molecular weight is 327 g/mol. The number of halogens is 3. The highest BCUT2D eigenvalue weighted by molar-refractivity contribution is 6.28. The second-order valence-electron chi connectivity index (χ2n) is 6.11. The van der Waals surface area contributed by atoms with E-state index in [4.69, 9.17) is 11.6 Å². The Kier molecular flexibility index (Phi) is 3.59. The molecule has 22 heavy (non-hydrogen) atoms. The third-order valence-corrected chi connectivity index (χ3v) is 4.21. The van der Waals surface area contributed by atoms with Gasteiger partial charge in [-0.05, 0) is 18.0 Å². The largest absolute Gasteiger partial charge is 0.373 e. The van der Waals surface area contributed by atoms with E-state index in [0.717, 1.165) is 5.56 Å². The van der Waals surface area contributed by atoms with Crippen LogP contribution in [0.25, 0.3) is 0 Å². The van der Waals surface area contributed by atoms with E-state index in [2.05, 4.69) is 15.3 Å². The van der Waals surface area contributed by atoms with Gasteiger partial charge in [-0.1, -0.05) is 19.9 Å². The predicted octanol–water partition coefficient (Wildman–Crippen LogP) is 4.10. The standard InChI is InChI=1S/C15H17ClF2N4/c1-15(2)7-22(9-6-4-5-8(17)11(9)18)13-10(15)12(19-3)20-14(16)21-13/h6H,4-5,7H2,1-3H3,(H,19,20,21). The summed E-state index contributed by atoms with van der Waals surface area (Å²) in [6.07, 6.45) is 2.28. The summed E-state index contributed by atoms with van der Waals surface area (Å²) in [4.78, 5) is 10.1. The van der Waals surface area contributed by atoms with Gasteiger partial charge >= 0.3 is 0 Å². The fraction of sp³-hybridized carbons (Fsp3) is 0.467. The minimum absolute atomic E-state index is 0.0760. The lowest BCUT2D eigenvalue weighted by molar-refractivity contribution is 0.495. The van der Waals surface area contributed by atoms with Crippen LogP contribution < -0.4 is 10.2 Å². The Labute approximate surface area is 132 Å². The summed E-state index contributed by atoms with van der Waals surface area (Å²) in [5.41, 5.74) is 0.777. The van der Waals surface area contributed by atoms with Crippen LogP contribution in [0.2, 0.25) is 5.28 Å². The number of hydrogen-bond donors (Lipinski definition) is 1. The van der Waals surface area contributed by atoms with Crippen molar-refractivity contribution in [1.29, 1.82) is 0 Å². The minimum atomic E-state index is -0.810. The van der Waals surface area contributed by atoms with Crippen molar-refractivity contribution >= 4 is 23.2 Å². The van der Waals surface area contributed by atoms with E-state index < -0.39 is 11.7 Å². The first-order valence-electron chi connectivity index (χ1n) is 7.13. The molecule has 1 aromatic heterocycles. The van der Waals surface area contributed by atoms with Gasteiger partial charge in [0.25, 0.3) is 0 Å². The van der Waals surface area contributed by atoms with Gasteiger partial charge in [0.05, 0.1) is 5.70 Å². The van der Waals surface area contributed by atoms with Gasteiger partial charge < -0.3 is 10.2 Å². The smallest absolute Gasteiger partial charge is 0.226 e. The fourth-order valence-corrected chi connectivity index (χ4v) is 3.24. The molecule has 0 amide bonds. The Balaban J connectivity index is 2.17. The molecule has 1 aliphatic carbocycles. The van der Waals surface area contributed by atoms with E-state index in [1.165, 1.54) is 0 Å². The maximum Gasteiger partial charge on any atom is 0.226 e. The van der Waals surface area contributed by atoms with E-state index in [1.54, 1.807) is 18.0 Å². The number of nitrogens with one attached hydrogen (secondary N) is 1. The van der Waals surface area contributed by atoms with Crippen LogP contribution in [0.3, 0.4) is 0 Å². The summed E-state index contributed by atoms with van der Waals surface area (Å²) in [5.74, 6) is -0.373. The lowest BCUT2D eigenvalue weighted by atomic mass is 9.88. The zero-order chi connectivity index (χ0) is 16.1. The molecule has 2 aliphatic rings. The van der Waals surface area contributed by atoms with Gasteiger partial charge in [0.15, 0.2) is 5.83 Å². The Morgan fingerprint density at radius 1 is 1.32 bits per heavy atom. The molecule has 2 heterocycles. The summed E-state index contributed by atoms with van der Waals surface area (Å²) >= 11 is 5.98. The Morgan fingerprint density at radius 3 is 2.73 bits per heavy atom. The van der Waals surface area contributed by atoms with Gasteiger partial charge in [-0.25, -0.2) is 13.8 Å². The van der Waals surface area contributed by atoms with Gasteiger partial charge in [-0.2, -0.15) is 4.98 Å². The first kappa shape index (κ1) is 15.2. The summed E-state index contributed by atoms with van der Waals surface area (Å²) in [6, 6.07) is 0. The molecule has 3 rings (SSSR count). The summed E-state index contributed by atoms with van der Waals surface area (Å²) in [5, 5.41) is 3.08. The molecule has 0 bridgehead atoms. The Morgan fingerprint density at radius 2 is 2.05 bits per heavy atom. The van der Waals surface area contributed by atoms with E-state index in [0.29, 0.717) is 24.6 Å². The van der Waals surface area contributed by atoms with Crippen LogP contribution in [0.4, 0.5) is 20.4 Å². The summed E-state index contributed by atoms with van der Waals surface area (Å²) in [6.45, 7) is 4.52. The van der Waals surface area contributed by atoms with Gasteiger partial charge in [0, 0.05) is 31.0 Å². The zero-order valence-electron chi connectivity index (χ0n) is 12.7. The average Bonchev–Trinajstić information content (AvgIpc) is 2.72. The van der Waals surface area contributed by atoms with Crippen molar-refractivity contribution in [2.24, 2.45) is 0 Å². The number of allylic oxidation sites excluding steroid dienone is 3. The van der Waals surface area contributed by atoms with Crippen molar-refractivity contribution in [3.05, 3.63) is 34.3 Å². The topological polar surface area (TPSA) is 41.1 Å². The number of fused-ring (bicyclic) bond motifs is 1. The van der Waals surface area contributed by atoms with Crippen molar-refractivity contribution in [3.63, 3.8) is 0 Å². The van der Waals surface area contributed by atoms with E-state index in [1.807, 2.05) is 13.8 Å². The maximum absolute atomic E-state index is 14.2. The third kappa shape index (κ3) is 2.26. The van der Waals surface area contributed by atoms with Crippen LogP contribution >= 0.6 is 11.6 Å². The van der Waals surface area contributed by atoms with E-state index >= 15 is 0 Å². The second-order valence-corrected chi connectivity index (χ2v) is 6.44. The van der Waals surface area contributed by atoms with Crippen LogP contribution in [0.1, 0.15) is 32.3 Å². The minimum Gasteiger partial charge on any atom is -0.373 e. The number of aromatic nitrogens is 2. The number of rotatable bonds is 2. The zero-order valence-corrected chi connectivity index (χ0v) is 13.4. The van der Waals surface area contributed by atoms with Crippen molar-refractivity contribution in [2.45, 2.75) is 32.1 Å². The van der Waals surface area contributed by atoms with E-state index in [9.17, 15) is 8.78 Å². The molecule has 0 atom stereocenters. The quantitative estimate of drug-likeness (QED) is 0.831. The highest BCUT2D eigenvalue weighted by Gasteiger charge is 2.42. The molecule has 4 nitrogen and oxygen atoms in total. The molecular formula is C15H17ClF2N4. The summed E-state index contributed by atoms with van der Waals surface area (Å²) < 4.78 is 27.9. The van der Waals surface area contributed by atoms with Gasteiger partial charge in [0.1, 0.15) is 17.5 Å². The molecule has 118 valence electrons. The molecule has 0 saturated carbocycles. The van der Waals surface area contributed by atoms with Crippen molar-refractivity contribution in [2.75, 3.05) is 23.8 Å². The molecular weight excluding hydrogens is 310 g/mol. The van der Waals surface area contributed by atoms with Gasteiger partial charge in [-0.15, -0.1) is 0 Å². The molecule has 0 radical (unpaired) electrons. The molecule has 0 spiro atoms. The normalized spacial score (nSPS) is 20.1. The second kappa shape index (κ2) is 5.19. The third-order valence-electron chi connectivity index (χ3n) is 4.04. The highest BCUT2D eigenvalue weighted by Crippen LogP contribution is 2.46. The Hall–Kier alpha value is -1.69. The fourth-order valence-electron chi connectivity index (χ4n) is 3.07. The monoisotopic (exact) mass is 326 g/mol. The summed E-state index contributed by atoms with van der Waals surface area (Å²) in [7, 11) is 1.75. The van der Waals surface area contributed by atoms with Gasteiger partial charge in [-0.3, -0.25) is 0 Å². The lowest BCUT2D eigenvalue weighted by Crippen LogP contribution is -2.29. The molecule has 1 aliphatic heterocycles. The van der Waals surface area contributed by atoms with Crippen molar-refractivity contribution in [3.8, 4) is 0 Å². The number of nitrogens with zero attached hydrogens (tertiary/aromatic N) is 3. The molecule has 0 fully saturated rings. The highest BCUT2D eigenvalue weighted by atomic mass is 35.5. The van der Waals surface area contributed by atoms with Crippen LogP contribution in [0.5, 0.6) is 0 Å². The predicted molar refractivity (Wildman–Crippen MR) is 83.5 cm³/mol. The molecule has 0 aromatic carbocycles.